The van der Waals surface area contributed by atoms with Crippen molar-refractivity contribution in [3.8, 4) is 0 Å². The minimum absolute atomic E-state index is 0.0244. The zero-order chi connectivity index (χ0) is 13.1. The fraction of sp³-hybridized carbons (Fsp3) is 0.333. The molecule has 0 amide bonds. The molecule has 2 N–H and O–H groups in total. The van der Waals surface area contributed by atoms with Crippen molar-refractivity contribution < 1.29 is 18.3 Å². The van der Waals surface area contributed by atoms with Crippen molar-refractivity contribution in [1.82, 2.24) is 4.98 Å². The van der Waals surface area contributed by atoms with Crippen molar-refractivity contribution in [2.75, 3.05) is 23.9 Å². The largest absolute Gasteiger partial charge is 0.478 e. The van der Waals surface area contributed by atoms with E-state index in [2.05, 4.69) is 10.3 Å². The number of carbonyl (C=O) groups is 1. The fourth-order valence-corrected chi connectivity index (χ4v) is 1.75. The molecule has 8 heteroatoms. The second-order valence-corrected chi connectivity index (χ2v) is 6.08. The van der Waals surface area contributed by atoms with Gasteiger partial charge in [-0.25, -0.2) is 18.2 Å². The molecule has 0 bridgehead atoms. The Morgan fingerprint density at radius 3 is 2.71 bits per heavy atom. The third-order valence-electron chi connectivity index (χ3n) is 1.85. The van der Waals surface area contributed by atoms with Crippen LogP contribution in [0, 0.1) is 0 Å². The van der Waals surface area contributed by atoms with Crippen LogP contribution >= 0.6 is 11.6 Å². The van der Waals surface area contributed by atoms with Gasteiger partial charge < -0.3 is 10.4 Å². The van der Waals surface area contributed by atoms with E-state index in [0.717, 1.165) is 12.5 Å². The van der Waals surface area contributed by atoms with Crippen LogP contribution in [0.4, 0.5) is 5.82 Å². The summed E-state index contributed by atoms with van der Waals surface area (Å²) in [4.78, 5) is 14.4. The minimum Gasteiger partial charge on any atom is -0.478 e. The smallest absolute Gasteiger partial charge is 0.337 e. The van der Waals surface area contributed by atoms with E-state index in [1.807, 2.05) is 0 Å². The van der Waals surface area contributed by atoms with Gasteiger partial charge in [0, 0.05) is 19.0 Å². The van der Waals surface area contributed by atoms with Gasteiger partial charge in [0.2, 0.25) is 0 Å². The molecule has 0 saturated heterocycles. The maximum absolute atomic E-state index is 10.9. The van der Waals surface area contributed by atoms with Crippen molar-refractivity contribution in [1.29, 1.82) is 0 Å². The highest BCUT2D eigenvalue weighted by Gasteiger charge is 2.09. The molecule has 1 heterocycles. The van der Waals surface area contributed by atoms with Gasteiger partial charge in [-0.05, 0) is 6.07 Å². The van der Waals surface area contributed by atoms with E-state index >= 15 is 0 Å². The Hall–Kier alpha value is -1.34. The van der Waals surface area contributed by atoms with Gasteiger partial charge >= 0.3 is 5.97 Å². The molecule has 94 valence electrons. The van der Waals surface area contributed by atoms with Crippen molar-refractivity contribution in [2.24, 2.45) is 0 Å². The van der Waals surface area contributed by atoms with Crippen LogP contribution in [0.2, 0.25) is 5.02 Å². The summed E-state index contributed by atoms with van der Waals surface area (Å²) in [6.45, 7) is 0.165. The van der Waals surface area contributed by atoms with Crippen molar-refractivity contribution in [3.05, 3.63) is 22.8 Å². The maximum Gasteiger partial charge on any atom is 0.337 e. The van der Waals surface area contributed by atoms with Crippen LogP contribution in [0.15, 0.2) is 12.3 Å². The quantitative estimate of drug-likeness (QED) is 0.830. The molecule has 6 nitrogen and oxygen atoms in total. The van der Waals surface area contributed by atoms with Gasteiger partial charge in [0.1, 0.15) is 15.7 Å². The first-order valence-corrected chi connectivity index (χ1v) is 7.04. The third kappa shape index (κ3) is 4.58. The second kappa shape index (κ2) is 5.33. The zero-order valence-corrected chi connectivity index (χ0v) is 10.5. The molecule has 0 unspecified atom stereocenters. The van der Waals surface area contributed by atoms with Gasteiger partial charge in [0.05, 0.1) is 16.3 Å². The molecule has 0 saturated carbocycles. The molecule has 1 aromatic heterocycles. The Bertz CT molecular complexity index is 530. The van der Waals surface area contributed by atoms with Gasteiger partial charge in [-0.1, -0.05) is 11.6 Å². The molecule has 1 aromatic rings. The molecule has 1 rings (SSSR count). The molecule has 17 heavy (non-hydrogen) atoms. The van der Waals surface area contributed by atoms with Crippen LogP contribution < -0.4 is 5.32 Å². The first-order chi connectivity index (χ1) is 7.79. The lowest BCUT2D eigenvalue weighted by Crippen LogP contribution is -2.15. The summed E-state index contributed by atoms with van der Waals surface area (Å²) in [7, 11) is -3.06. The Morgan fingerprint density at radius 2 is 2.24 bits per heavy atom. The Balaban J connectivity index is 2.70. The highest BCUT2D eigenvalue weighted by atomic mass is 35.5. The number of halogens is 1. The molecule has 0 spiro atoms. The average molecular weight is 279 g/mol. The predicted octanol–water partition coefficient (Wildman–Crippen LogP) is 0.890. The van der Waals surface area contributed by atoms with Crippen LogP contribution in [-0.4, -0.2) is 43.0 Å². The monoisotopic (exact) mass is 278 g/mol. The lowest BCUT2D eigenvalue weighted by Gasteiger charge is -2.06. The van der Waals surface area contributed by atoms with Gasteiger partial charge in [-0.3, -0.25) is 0 Å². The van der Waals surface area contributed by atoms with Crippen LogP contribution in [0.25, 0.3) is 0 Å². The molecule has 0 aliphatic carbocycles. The predicted molar refractivity (Wildman–Crippen MR) is 64.4 cm³/mol. The topological polar surface area (TPSA) is 96.4 Å². The molecule has 0 atom stereocenters. The molecule has 0 aliphatic rings. The Morgan fingerprint density at radius 1 is 1.59 bits per heavy atom. The summed E-state index contributed by atoms with van der Waals surface area (Å²) < 4.78 is 21.8. The van der Waals surface area contributed by atoms with E-state index in [4.69, 9.17) is 16.7 Å². The van der Waals surface area contributed by atoms with Crippen molar-refractivity contribution in [2.45, 2.75) is 0 Å². The Kier molecular flexibility index (Phi) is 4.30. The fourth-order valence-electron chi connectivity index (χ4n) is 1.04. The number of hydrogen-bond acceptors (Lipinski definition) is 5. The number of hydrogen-bond donors (Lipinski definition) is 2. The lowest BCUT2D eigenvalue weighted by atomic mass is 10.3. The van der Waals surface area contributed by atoms with E-state index < -0.39 is 15.8 Å². The summed E-state index contributed by atoms with van der Waals surface area (Å²) in [5.41, 5.74) is -0.0244. The van der Waals surface area contributed by atoms with Gasteiger partial charge in [-0.15, -0.1) is 0 Å². The van der Waals surface area contributed by atoms with Crippen LogP contribution in [-0.2, 0) is 9.84 Å². The summed E-state index contributed by atoms with van der Waals surface area (Å²) in [6.07, 6.45) is 2.27. The normalized spacial score (nSPS) is 11.2. The summed E-state index contributed by atoms with van der Waals surface area (Å²) >= 11 is 5.79. The lowest BCUT2D eigenvalue weighted by molar-refractivity contribution is 0.0696. The first kappa shape index (κ1) is 13.7. The van der Waals surface area contributed by atoms with E-state index in [-0.39, 0.29) is 28.7 Å². The third-order valence-corrected chi connectivity index (χ3v) is 3.09. The number of aromatic carboxylic acids is 1. The van der Waals surface area contributed by atoms with E-state index in [0.29, 0.717) is 0 Å². The van der Waals surface area contributed by atoms with Crippen molar-refractivity contribution in [3.63, 3.8) is 0 Å². The number of sulfone groups is 1. The number of anilines is 1. The number of nitrogens with zero attached hydrogens (tertiary/aromatic N) is 1. The van der Waals surface area contributed by atoms with E-state index in [1.54, 1.807) is 0 Å². The highest BCUT2D eigenvalue weighted by Crippen LogP contribution is 2.19. The van der Waals surface area contributed by atoms with Gasteiger partial charge in [0.25, 0.3) is 0 Å². The maximum atomic E-state index is 10.9. The summed E-state index contributed by atoms with van der Waals surface area (Å²) in [5.74, 6) is -0.909. The Labute approximate surface area is 104 Å². The molecule has 0 aromatic carbocycles. The zero-order valence-electron chi connectivity index (χ0n) is 8.97. The molecule has 0 aliphatic heterocycles. The van der Waals surface area contributed by atoms with Crippen molar-refractivity contribution >= 4 is 33.2 Å². The number of nitrogens with one attached hydrogen (secondary N) is 1. The molecular formula is C9H11ClN2O4S. The number of pyridine rings is 1. The highest BCUT2D eigenvalue weighted by molar-refractivity contribution is 7.90. The van der Waals surface area contributed by atoms with Gasteiger partial charge in [0.15, 0.2) is 0 Å². The summed E-state index contributed by atoms with van der Waals surface area (Å²) in [6, 6.07) is 1.25. The SMILES string of the molecule is CS(=O)(=O)CCNc1ncc(C(=O)O)cc1Cl. The molecular weight excluding hydrogens is 268 g/mol. The minimum atomic E-state index is -3.06. The molecule has 0 radical (unpaired) electrons. The second-order valence-electron chi connectivity index (χ2n) is 3.42. The molecule has 0 fully saturated rings. The van der Waals surface area contributed by atoms with Gasteiger partial charge in [-0.2, -0.15) is 0 Å². The first-order valence-electron chi connectivity index (χ1n) is 4.60. The van der Waals surface area contributed by atoms with Crippen LogP contribution in [0.5, 0.6) is 0 Å². The summed E-state index contributed by atoms with van der Waals surface area (Å²) in [5, 5.41) is 11.5. The van der Waals surface area contributed by atoms with Crippen LogP contribution in [0.3, 0.4) is 0 Å². The average Bonchev–Trinajstić information content (AvgIpc) is 2.18. The number of rotatable bonds is 5. The number of carboxylic acid groups (broad SMARTS) is 1. The number of aromatic nitrogens is 1. The number of carboxylic acids is 1. The van der Waals surface area contributed by atoms with E-state index in [1.165, 1.54) is 6.07 Å². The van der Waals surface area contributed by atoms with E-state index in [9.17, 15) is 13.2 Å². The van der Waals surface area contributed by atoms with Crippen LogP contribution in [0.1, 0.15) is 10.4 Å². The standard InChI is InChI=1S/C9H11ClN2O4S/c1-17(15,16)3-2-11-8-7(10)4-6(5-12-8)9(13)14/h4-5H,2-3H2,1H3,(H,11,12)(H,13,14).